The highest BCUT2D eigenvalue weighted by Crippen LogP contribution is 2.19. The maximum absolute atomic E-state index is 12.4. The van der Waals surface area contributed by atoms with E-state index in [0.717, 1.165) is 0 Å². The van der Waals surface area contributed by atoms with Gasteiger partial charge >= 0.3 is 0 Å². The Kier molecular flexibility index (Phi) is 4.18. The van der Waals surface area contributed by atoms with E-state index in [1.165, 1.54) is 6.92 Å². The predicted molar refractivity (Wildman–Crippen MR) is 91.5 cm³/mol. The van der Waals surface area contributed by atoms with Gasteiger partial charge in [0.25, 0.3) is 5.91 Å². The standard InChI is InChI=1S/C18H13ClN2O3/c1-10(22)11-3-2-4-14(8-11)21-18(23)15-9-12-7-13(19)5-6-16(12)24-17(15)20/h2-9,20H,1H3,(H,21,23). The summed E-state index contributed by atoms with van der Waals surface area (Å²) in [5, 5.41) is 11.7. The molecular weight excluding hydrogens is 328 g/mol. The molecule has 0 atom stereocenters. The molecule has 0 fully saturated rings. The monoisotopic (exact) mass is 340 g/mol. The van der Waals surface area contributed by atoms with Crippen LogP contribution in [0.15, 0.2) is 52.9 Å². The molecule has 0 aliphatic carbocycles. The molecule has 1 heterocycles. The maximum Gasteiger partial charge on any atom is 0.261 e. The molecule has 0 bridgehead atoms. The normalized spacial score (nSPS) is 10.6. The van der Waals surface area contributed by atoms with Gasteiger partial charge in [0.1, 0.15) is 11.1 Å². The first-order valence-corrected chi connectivity index (χ1v) is 7.52. The Hall–Kier alpha value is -2.92. The molecule has 0 spiro atoms. The van der Waals surface area contributed by atoms with Gasteiger partial charge in [-0.05, 0) is 43.3 Å². The van der Waals surface area contributed by atoms with Crippen LogP contribution in [0.1, 0.15) is 27.6 Å². The molecule has 0 saturated heterocycles. The minimum atomic E-state index is -0.494. The molecule has 2 N–H and O–H groups in total. The second-order valence-electron chi connectivity index (χ2n) is 5.26. The van der Waals surface area contributed by atoms with Crippen LogP contribution in [0.3, 0.4) is 0 Å². The van der Waals surface area contributed by atoms with E-state index in [0.29, 0.717) is 27.2 Å². The molecule has 5 nitrogen and oxygen atoms in total. The largest absolute Gasteiger partial charge is 0.438 e. The number of carbonyl (C=O) groups excluding carboxylic acids is 2. The molecule has 3 aromatic rings. The molecule has 120 valence electrons. The first-order chi connectivity index (χ1) is 11.4. The summed E-state index contributed by atoms with van der Waals surface area (Å²) >= 11 is 5.95. The number of Topliss-reactive ketones (excluding diaryl/α,β-unsaturated/α-hetero) is 1. The van der Waals surface area contributed by atoms with Crippen LogP contribution in [0.25, 0.3) is 11.0 Å². The Morgan fingerprint density at radius 2 is 1.92 bits per heavy atom. The highest BCUT2D eigenvalue weighted by Gasteiger charge is 2.13. The second-order valence-corrected chi connectivity index (χ2v) is 5.70. The van der Waals surface area contributed by atoms with Crippen LogP contribution < -0.4 is 10.9 Å². The molecule has 0 unspecified atom stereocenters. The maximum atomic E-state index is 12.4. The number of rotatable bonds is 3. The lowest BCUT2D eigenvalue weighted by molar-refractivity contribution is 0.100. The molecule has 24 heavy (non-hydrogen) atoms. The number of carbonyl (C=O) groups is 2. The van der Waals surface area contributed by atoms with E-state index in [1.54, 1.807) is 48.5 Å². The van der Waals surface area contributed by atoms with Gasteiger partial charge in [-0.15, -0.1) is 0 Å². The average Bonchev–Trinajstić information content (AvgIpc) is 2.54. The van der Waals surface area contributed by atoms with Crippen LogP contribution >= 0.6 is 11.6 Å². The van der Waals surface area contributed by atoms with Crippen LogP contribution in [0.2, 0.25) is 5.02 Å². The molecule has 3 rings (SSSR count). The topological polar surface area (TPSA) is 83.2 Å². The zero-order chi connectivity index (χ0) is 17.3. The van der Waals surface area contributed by atoms with Crippen LogP contribution in [0.5, 0.6) is 0 Å². The van der Waals surface area contributed by atoms with Crippen molar-refractivity contribution in [2.24, 2.45) is 0 Å². The lowest BCUT2D eigenvalue weighted by atomic mass is 10.1. The number of ketones is 1. The zero-order valence-electron chi connectivity index (χ0n) is 12.7. The van der Waals surface area contributed by atoms with E-state index < -0.39 is 5.91 Å². The van der Waals surface area contributed by atoms with Crippen molar-refractivity contribution in [1.29, 1.82) is 5.41 Å². The molecule has 1 amide bonds. The van der Waals surface area contributed by atoms with Crippen LogP contribution in [0, 0.1) is 5.41 Å². The fourth-order valence-corrected chi connectivity index (χ4v) is 2.47. The highest BCUT2D eigenvalue weighted by atomic mass is 35.5. The summed E-state index contributed by atoms with van der Waals surface area (Å²) in [7, 11) is 0. The van der Waals surface area contributed by atoms with Crippen molar-refractivity contribution in [3.05, 3.63) is 70.2 Å². The van der Waals surface area contributed by atoms with E-state index in [4.69, 9.17) is 21.4 Å². The van der Waals surface area contributed by atoms with Crippen molar-refractivity contribution in [2.75, 3.05) is 5.32 Å². The van der Waals surface area contributed by atoms with Gasteiger partial charge in [0.05, 0.1) is 0 Å². The molecule has 0 radical (unpaired) electrons. The van der Waals surface area contributed by atoms with Crippen molar-refractivity contribution in [3.8, 4) is 0 Å². The summed E-state index contributed by atoms with van der Waals surface area (Å²) in [4.78, 5) is 23.9. The van der Waals surface area contributed by atoms with Gasteiger partial charge < -0.3 is 9.73 Å². The van der Waals surface area contributed by atoms with Crippen molar-refractivity contribution < 1.29 is 14.0 Å². The van der Waals surface area contributed by atoms with Crippen LogP contribution in [-0.4, -0.2) is 11.7 Å². The smallest absolute Gasteiger partial charge is 0.261 e. The molecule has 0 aliphatic heterocycles. The minimum absolute atomic E-state index is 0.0815. The summed E-state index contributed by atoms with van der Waals surface area (Å²) in [5.74, 6) is -0.589. The van der Waals surface area contributed by atoms with Gasteiger partial charge in [-0.2, -0.15) is 0 Å². The third-order valence-corrected chi connectivity index (χ3v) is 3.74. The average molecular weight is 341 g/mol. The number of fused-ring (bicyclic) bond motifs is 1. The van der Waals surface area contributed by atoms with E-state index in [2.05, 4.69) is 5.32 Å². The van der Waals surface area contributed by atoms with Gasteiger partial charge in [-0.3, -0.25) is 15.0 Å². The summed E-state index contributed by atoms with van der Waals surface area (Å²) in [6.07, 6.45) is 0. The second kappa shape index (κ2) is 6.29. The van der Waals surface area contributed by atoms with Crippen LogP contribution in [0.4, 0.5) is 5.69 Å². The molecule has 0 aliphatic rings. The quantitative estimate of drug-likeness (QED) is 0.706. The van der Waals surface area contributed by atoms with Crippen molar-refractivity contribution in [1.82, 2.24) is 0 Å². The van der Waals surface area contributed by atoms with Gasteiger partial charge in [-0.25, -0.2) is 0 Å². The number of anilines is 1. The molecule has 6 heteroatoms. The summed E-state index contributed by atoms with van der Waals surface area (Å²) in [6.45, 7) is 1.45. The third kappa shape index (κ3) is 3.21. The van der Waals surface area contributed by atoms with Crippen molar-refractivity contribution in [3.63, 3.8) is 0 Å². The summed E-state index contributed by atoms with van der Waals surface area (Å²) < 4.78 is 5.36. The number of halogens is 1. The van der Waals surface area contributed by atoms with E-state index in [1.807, 2.05) is 0 Å². The van der Waals surface area contributed by atoms with Crippen molar-refractivity contribution in [2.45, 2.75) is 6.92 Å². The lowest BCUT2D eigenvalue weighted by Crippen LogP contribution is -2.20. The van der Waals surface area contributed by atoms with Gasteiger partial charge in [0.15, 0.2) is 5.78 Å². The van der Waals surface area contributed by atoms with E-state index in [9.17, 15) is 9.59 Å². The fraction of sp³-hybridized carbons (Fsp3) is 0.0556. The number of hydrogen-bond donors (Lipinski definition) is 2. The number of benzene rings is 2. The Morgan fingerprint density at radius 3 is 2.67 bits per heavy atom. The molecule has 0 saturated carbocycles. The summed E-state index contributed by atoms with van der Waals surface area (Å²) in [6, 6.07) is 13.1. The van der Waals surface area contributed by atoms with Gasteiger partial charge in [0.2, 0.25) is 5.55 Å². The SMILES string of the molecule is CC(=O)c1cccc(NC(=O)c2cc3cc(Cl)ccc3oc2=N)c1. The Balaban J connectivity index is 1.96. The number of amides is 1. The first kappa shape index (κ1) is 16.0. The lowest BCUT2D eigenvalue weighted by Gasteiger charge is -2.07. The Morgan fingerprint density at radius 1 is 1.12 bits per heavy atom. The number of hydrogen-bond acceptors (Lipinski definition) is 4. The molecule has 2 aromatic carbocycles. The first-order valence-electron chi connectivity index (χ1n) is 7.14. The Bertz CT molecular complexity index is 1020. The fourth-order valence-electron chi connectivity index (χ4n) is 2.29. The van der Waals surface area contributed by atoms with E-state index in [-0.39, 0.29) is 16.9 Å². The summed E-state index contributed by atoms with van der Waals surface area (Å²) in [5.41, 5.74) is 1.27. The predicted octanol–water partition coefficient (Wildman–Crippen LogP) is 4.02. The third-order valence-electron chi connectivity index (χ3n) is 3.50. The van der Waals surface area contributed by atoms with Crippen molar-refractivity contribution >= 4 is 39.9 Å². The zero-order valence-corrected chi connectivity index (χ0v) is 13.5. The van der Waals surface area contributed by atoms with Crippen LogP contribution in [-0.2, 0) is 0 Å². The number of nitrogens with one attached hydrogen (secondary N) is 2. The van der Waals surface area contributed by atoms with Gasteiger partial charge in [-0.1, -0.05) is 23.7 Å². The van der Waals surface area contributed by atoms with Gasteiger partial charge in [0, 0.05) is 21.7 Å². The molecular formula is C18H13ClN2O3. The Labute approximate surface area is 142 Å². The minimum Gasteiger partial charge on any atom is -0.438 e. The van der Waals surface area contributed by atoms with E-state index >= 15 is 0 Å². The molecule has 1 aromatic heterocycles. The highest BCUT2D eigenvalue weighted by molar-refractivity contribution is 6.31.